The largest absolute Gasteiger partial charge is 0.493 e. The van der Waals surface area contributed by atoms with Crippen molar-refractivity contribution in [2.45, 2.75) is 5.03 Å². The summed E-state index contributed by atoms with van der Waals surface area (Å²) in [6.07, 6.45) is 11.9. The number of hydrogen-bond acceptors (Lipinski definition) is 11. The molecule has 1 aliphatic heterocycles. The predicted molar refractivity (Wildman–Crippen MR) is 139 cm³/mol. The number of nitrogen functional groups attached to an aromatic ring is 1. The molecule has 1 saturated heterocycles. The Bertz CT molecular complexity index is 1600. The highest BCUT2D eigenvalue weighted by Gasteiger charge is 2.39. The summed E-state index contributed by atoms with van der Waals surface area (Å²) in [5.74, 6) is 1.63. The zero-order valence-corrected chi connectivity index (χ0v) is 21.5. The molecular weight excluding hydrogens is 514 g/mol. The lowest BCUT2D eigenvalue weighted by Gasteiger charge is -2.33. The maximum Gasteiger partial charge on any atom is 0.354 e. The van der Waals surface area contributed by atoms with E-state index in [1.165, 1.54) is 18.5 Å². The smallest absolute Gasteiger partial charge is 0.354 e. The van der Waals surface area contributed by atoms with Crippen molar-refractivity contribution in [1.82, 2.24) is 19.4 Å². The van der Waals surface area contributed by atoms with Gasteiger partial charge in [0.15, 0.2) is 11.5 Å². The topological polar surface area (TPSA) is 164 Å². The van der Waals surface area contributed by atoms with Gasteiger partial charge < -0.3 is 25.3 Å². The summed E-state index contributed by atoms with van der Waals surface area (Å²) in [5.41, 5.74) is 6.95. The average molecular weight is 540 g/mol. The molecule has 38 heavy (non-hydrogen) atoms. The van der Waals surface area contributed by atoms with Crippen LogP contribution in [0.25, 0.3) is 16.5 Å². The quantitative estimate of drug-likeness (QED) is 0.451. The number of hydrogen-bond donors (Lipinski definition) is 1. The van der Waals surface area contributed by atoms with Crippen LogP contribution in [0.1, 0.15) is 5.69 Å². The van der Waals surface area contributed by atoms with Crippen molar-refractivity contribution in [3.63, 3.8) is 0 Å². The fourth-order valence-corrected chi connectivity index (χ4v) is 5.67. The molecule has 2 aromatic heterocycles. The number of methoxy groups -OCH3 is 2. The van der Waals surface area contributed by atoms with Gasteiger partial charge in [-0.3, -0.25) is 4.63 Å². The number of nitrogens with two attached hydrogens (primary N) is 1. The Morgan fingerprint density at radius 2 is 1.68 bits per heavy atom. The van der Waals surface area contributed by atoms with Crippen LogP contribution in [0.3, 0.4) is 0 Å². The normalized spacial score (nSPS) is 20.3. The molecule has 3 heterocycles. The van der Waals surface area contributed by atoms with Gasteiger partial charge in [-0.1, -0.05) is 42.5 Å². The Hall–Kier alpha value is -4.43. The lowest BCUT2D eigenvalue weighted by molar-refractivity contribution is -0.804. The highest BCUT2D eigenvalue weighted by molar-refractivity contribution is 7.89. The first-order valence-electron chi connectivity index (χ1n) is 11.6. The van der Waals surface area contributed by atoms with Gasteiger partial charge in [0, 0.05) is 43.2 Å². The number of benzene rings is 1. The molecule has 0 unspecified atom stereocenters. The maximum absolute atomic E-state index is 13.5. The van der Waals surface area contributed by atoms with E-state index in [0.29, 0.717) is 33.9 Å². The summed E-state index contributed by atoms with van der Waals surface area (Å²) in [6.45, 7) is 0.798. The molecule has 0 saturated carbocycles. The fourth-order valence-electron chi connectivity index (χ4n) is 4.22. The lowest BCUT2D eigenvalue weighted by atomic mass is 10.1. The van der Waals surface area contributed by atoms with Crippen LogP contribution in [0.4, 0.5) is 11.8 Å². The van der Waals surface area contributed by atoms with Crippen LogP contribution in [0, 0.1) is 5.21 Å². The molecule has 0 bridgehead atoms. The van der Waals surface area contributed by atoms with E-state index in [1.807, 2.05) is 4.90 Å². The van der Waals surface area contributed by atoms with Crippen LogP contribution in [0.5, 0.6) is 11.5 Å². The van der Waals surface area contributed by atoms with Crippen molar-refractivity contribution in [3.05, 3.63) is 65.6 Å². The molecule has 2 aliphatic rings. The van der Waals surface area contributed by atoms with Gasteiger partial charge in [-0.2, -0.15) is 9.29 Å². The average Bonchev–Trinajstić information content (AvgIpc) is 3.29. The second kappa shape index (κ2) is 10.1. The van der Waals surface area contributed by atoms with Gasteiger partial charge in [0.2, 0.25) is 11.6 Å². The number of aromatic nitrogens is 4. The molecule has 5 rings (SSSR count). The number of anilines is 2. The van der Waals surface area contributed by atoms with Gasteiger partial charge in [-0.05, 0) is 11.0 Å². The minimum Gasteiger partial charge on any atom is -0.493 e. The van der Waals surface area contributed by atoms with Gasteiger partial charge in [0.1, 0.15) is 5.82 Å². The first kappa shape index (κ1) is 25.2. The van der Waals surface area contributed by atoms with E-state index in [9.17, 15) is 13.6 Å². The van der Waals surface area contributed by atoms with Crippen molar-refractivity contribution in [3.8, 4) is 11.5 Å². The van der Waals surface area contributed by atoms with Crippen molar-refractivity contribution in [2.75, 3.05) is 51.0 Å². The van der Waals surface area contributed by atoms with E-state index in [1.54, 1.807) is 54.7 Å². The summed E-state index contributed by atoms with van der Waals surface area (Å²) >= 11 is 0. The van der Waals surface area contributed by atoms with Gasteiger partial charge in [-0.25, -0.2) is 13.4 Å². The lowest BCUT2D eigenvalue weighted by Crippen LogP contribution is -2.49. The highest BCUT2D eigenvalue weighted by Crippen LogP contribution is 2.34. The third-order valence-electron chi connectivity index (χ3n) is 6.18. The Morgan fingerprint density at radius 1 is 1.00 bits per heavy atom. The molecule has 0 amide bonds. The van der Waals surface area contributed by atoms with E-state index in [2.05, 4.69) is 15.1 Å². The van der Waals surface area contributed by atoms with Gasteiger partial charge in [0.05, 0.1) is 24.9 Å². The van der Waals surface area contributed by atoms with E-state index in [0.717, 1.165) is 0 Å². The first-order valence-corrected chi connectivity index (χ1v) is 13.0. The Morgan fingerprint density at radius 3 is 2.42 bits per heavy atom. The molecule has 1 aromatic carbocycles. The highest BCUT2D eigenvalue weighted by atomic mass is 32.2. The molecule has 0 radical (unpaired) electrons. The van der Waals surface area contributed by atoms with Crippen molar-refractivity contribution < 1.29 is 27.4 Å². The maximum atomic E-state index is 13.5. The van der Waals surface area contributed by atoms with Crippen LogP contribution in [0.15, 0.2) is 64.3 Å². The van der Waals surface area contributed by atoms with Gasteiger partial charge in [0.25, 0.3) is 10.0 Å². The van der Waals surface area contributed by atoms with E-state index >= 15 is 0 Å². The summed E-state index contributed by atoms with van der Waals surface area (Å²) in [6, 6.07) is 3.42. The summed E-state index contributed by atoms with van der Waals surface area (Å²) in [7, 11) is -1.08. The number of nitrogens with zero attached hydrogens (tertiary/aromatic N) is 6. The third kappa shape index (κ3) is 4.54. The molecule has 1 aliphatic carbocycles. The van der Waals surface area contributed by atoms with Crippen LogP contribution >= 0.6 is 0 Å². The summed E-state index contributed by atoms with van der Waals surface area (Å²) < 4.78 is 43.6. The number of piperazine rings is 1. The molecule has 2 N–H and O–H groups in total. The summed E-state index contributed by atoms with van der Waals surface area (Å²) in [5, 5.41) is 16.1. The van der Waals surface area contributed by atoms with Gasteiger partial charge >= 0.3 is 5.03 Å². The monoisotopic (exact) mass is 539 g/mol. The van der Waals surface area contributed by atoms with E-state index < -0.39 is 15.0 Å². The Labute approximate surface area is 218 Å². The van der Waals surface area contributed by atoms with E-state index in [4.69, 9.17) is 19.8 Å². The van der Waals surface area contributed by atoms with Crippen molar-refractivity contribution >= 4 is 38.3 Å². The summed E-state index contributed by atoms with van der Waals surface area (Å²) in [4.78, 5) is 11.0. The Balaban J connectivity index is 1.39. The Kier molecular flexibility index (Phi) is 6.73. The minimum absolute atomic E-state index is 0.105. The fraction of sp³-hybridized carbons (Fsp3) is 0.250. The van der Waals surface area contributed by atoms with E-state index in [-0.39, 0.29) is 42.6 Å². The molecular formula is C24H25N7O6S. The number of rotatable bonds is 6. The van der Waals surface area contributed by atoms with Crippen LogP contribution < -0.4 is 25.0 Å². The number of ether oxygens (including phenoxy) is 2. The second-order valence-corrected chi connectivity index (χ2v) is 10.2. The molecule has 0 spiro atoms. The molecule has 198 valence electrons. The molecule has 3 aromatic rings. The molecule has 1 fully saturated rings. The second-order valence-electron chi connectivity index (χ2n) is 8.36. The standard InChI is InChI=1S/C24H25N7O6S/c1-35-19-14-17-18(15-20(19)36-2)26-24(27-22(17)25)29-10-12-30(13-11-29)38(33,34)23-21(31(32)37-28-23)16-8-6-4-3-5-7-9-16/h3-9,14-15H,10-13H2,1-2H3,(H2,25,26,27)/b4-3-,5-3?,6-4?,7-5-,8-6-,9-7?,16-8?,16-9+. The first-order chi connectivity index (χ1) is 18.3. The van der Waals surface area contributed by atoms with Gasteiger partial charge in [-0.15, -0.1) is 0 Å². The van der Waals surface area contributed by atoms with Crippen molar-refractivity contribution in [2.24, 2.45) is 0 Å². The van der Waals surface area contributed by atoms with Crippen LogP contribution in [-0.2, 0) is 10.0 Å². The molecule has 0 atom stereocenters. The van der Waals surface area contributed by atoms with Crippen molar-refractivity contribution in [1.29, 1.82) is 0 Å². The molecule has 13 nitrogen and oxygen atoms in total. The third-order valence-corrected chi connectivity index (χ3v) is 7.98. The number of fused-ring (bicyclic) bond motifs is 1. The predicted octanol–water partition coefficient (Wildman–Crippen LogP) is 1.43. The minimum atomic E-state index is -4.14. The number of sulfonamides is 1. The zero-order valence-electron chi connectivity index (χ0n) is 20.6. The zero-order chi connectivity index (χ0) is 26.9. The number of allylic oxidation sites excluding steroid dienone is 8. The van der Waals surface area contributed by atoms with Crippen LogP contribution in [0.2, 0.25) is 0 Å². The van der Waals surface area contributed by atoms with Crippen LogP contribution in [-0.4, -0.2) is 68.2 Å². The molecule has 14 heteroatoms. The SMILES string of the molecule is COc1cc2nc(N3CCN(S(=O)(=O)c4no[n+]([O-])c4C4=C/C=C\C=C/C=C\4)CC3)nc(N)c2cc1OC.